The largest absolute Gasteiger partial charge is 0.405 e. The second-order valence-electron chi connectivity index (χ2n) is 10.1. The van der Waals surface area contributed by atoms with Crippen molar-refractivity contribution < 1.29 is 19.1 Å². The van der Waals surface area contributed by atoms with Crippen LogP contribution in [0.1, 0.15) is 31.4 Å². The molecule has 2 aromatic rings. The Morgan fingerprint density at radius 3 is 2.70 bits per heavy atom. The fourth-order valence-electron chi connectivity index (χ4n) is 5.96. The van der Waals surface area contributed by atoms with Crippen molar-refractivity contribution in [2.75, 3.05) is 11.4 Å². The van der Waals surface area contributed by atoms with Gasteiger partial charge in [0.15, 0.2) is 0 Å². The number of nitrogens with zero attached hydrogens (tertiary/aromatic N) is 4. The minimum Gasteiger partial charge on any atom is -0.405 e. The van der Waals surface area contributed by atoms with Crippen LogP contribution in [-0.4, -0.2) is 62.8 Å². The second-order valence-corrected chi connectivity index (χ2v) is 11.3. The van der Waals surface area contributed by atoms with Gasteiger partial charge < -0.3 is 26.0 Å². The molecule has 3 fully saturated rings. The maximum absolute atomic E-state index is 13.6. The standard InChI is InChI=1S/C27H30N8O4S/c1-3-19(36)32-15-6-4-7-16(15)33-24(37)23-22-21-18(10-13-28-25(21)40-23)35(27(38)34-22)17-8-9-20(31-14(17)2)39-26-29-11-5-12-30-26/h3,5,8-9,11-12,15-16,18,21,25,28H,1,4,6-7,10,13H2,2H3,(H,32,36)(H,33,37)(H,34,38)/t15-,16+,18?,21?,25?/m0/s1. The molecule has 2 aromatic heterocycles. The number of nitrogens with one attached hydrogen (secondary N) is 4. The van der Waals surface area contributed by atoms with E-state index in [0.29, 0.717) is 34.4 Å². The maximum atomic E-state index is 13.6. The molecule has 3 unspecified atom stereocenters. The molecule has 5 atom stereocenters. The number of aromatic nitrogens is 3. The number of urea groups is 1. The van der Waals surface area contributed by atoms with Gasteiger partial charge in [0.1, 0.15) is 0 Å². The van der Waals surface area contributed by atoms with Crippen LogP contribution in [0.3, 0.4) is 0 Å². The molecule has 6 rings (SSSR count). The van der Waals surface area contributed by atoms with Crippen LogP contribution >= 0.6 is 11.8 Å². The van der Waals surface area contributed by atoms with Gasteiger partial charge in [0.05, 0.1) is 27.7 Å². The third-order valence-corrected chi connectivity index (χ3v) is 9.08. The Labute approximate surface area is 235 Å². The number of ether oxygens (including phenoxy) is 1. The quantitative estimate of drug-likeness (QED) is 0.372. The number of carbonyl (C=O) groups is 3. The first-order chi connectivity index (χ1) is 19.4. The number of hydrogen-bond acceptors (Lipinski definition) is 9. The van der Waals surface area contributed by atoms with E-state index in [1.807, 2.05) is 13.0 Å². The molecule has 4 N–H and O–H groups in total. The highest BCUT2D eigenvalue weighted by molar-refractivity contribution is 8.04. The molecule has 4 aliphatic rings. The lowest BCUT2D eigenvalue weighted by Crippen LogP contribution is -2.62. The number of rotatable bonds is 7. The maximum Gasteiger partial charge on any atom is 0.326 e. The smallest absolute Gasteiger partial charge is 0.326 e. The van der Waals surface area contributed by atoms with E-state index in [9.17, 15) is 14.4 Å². The van der Waals surface area contributed by atoms with Crippen molar-refractivity contribution >= 4 is 35.3 Å². The van der Waals surface area contributed by atoms with Crippen LogP contribution in [0.5, 0.6) is 11.9 Å². The van der Waals surface area contributed by atoms with Crippen molar-refractivity contribution in [3.05, 3.63) is 59.5 Å². The zero-order valence-corrected chi connectivity index (χ0v) is 22.7. The van der Waals surface area contributed by atoms with Crippen molar-refractivity contribution in [2.45, 2.75) is 56.1 Å². The van der Waals surface area contributed by atoms with E-state index in [4.69, 9.17) is 4.74 Å². The van der Waals surface area contributed by atoms with E-state index in [2.05, 4.69) is 42.8 Å². The summed E-state index contributed by atoms with van der Waals surface area (Å²) in [5, 5.41) is 12.5. The van der Waals surface area contributed by atoms with Gasteiger partial charge in [0.2, 0.25) is 11.8 Å². The first-order valence-electron chi connectivity index (χ1n) is 13.3. The normalized spacial score (nSPS) is 27.1. The van der Waals surface area contributed by atoms with Crippen LogP contribution in [0.25, 0.3) is 0 Å². The van der Waals surface area contributed by atoms with Gasteiger partial charge in [-0.25, -0.2) is 19.7 Å². The molecule has 208 valence electrons. The fraction of sp³-hybridized carbons (Fsp3) is 0.407. The van der Waals surface area contributed by atoms with E-state index in [1.165, 1.54) is 17.8 Å². The zero-order chi connectivity index (χ0) is 27.8. The number of carbonyl (C=O) groups excluding carboxylic acids is 3. The van der Waals surface area contributed by atoms with Crippen LogP contribution in [-0.2, 0) is 9.59 Å². The first kappa shape index (κ1) is 26.3. The number of anilines is 1. The summed E-state index contributed by atoms with van der Waals surface area (Å²) >= 11 is 1.45. The molecule has 0 radical (unpaired) electrons. The van der Waals surface area contributed by atoms with E-state index < -0.39 is 0 Å². The number of hydrogen-bond donors (Lipinski definition) is 4. The van der Waals surface area contributed by atoms with Gasteiger partial charge in [0, 0.05) is 42.2 Å². The Bertz CT molecular complexity index is 1390. The van der Waals surface area contributed by atoms with Gasteiger partial charge >= 0.3 is 12.0 Å². The van der Waals surface area contributed by atoms with E-state index in [0.717, 1.165) is 25.7 Å². The van der Waals surface area contributed by atoms with Gasteiger partial charge in [0.25, 0.3) is 5.91 Å². The molecule has 0 aromatic carbocycles. The lowest BCUT2D eigenvalue weighted by Gasteiger charge is -2.46. The Morgan fingerprint density at radius 1 is 1.18 bits per heavy atom. The summed E-state index contributed by atoms with van der Waals surface area (Å²) < 4.78 is 5.66. The average Bonchev–Trinajstić information content (AvgIpc) is 3.55. The van der Waals surface area contributed by atoms with Crippen molar-refractivity contribution in [1.29, 1.82) is 0 Å². The number of piperidine rings is 1. The molecule has 40 heavy (non-hydrogen) atoms. The third kappa shape index (κ3) is 4.90. The predicted octanol–water partition coefficient (Wildman–Crippen LogP) is 2.10. The third-order valence-electron chi connectivity index (χ3n) is 7.72. The fourth-order valence-corrected chi connectivity index (χ4v) is 7.36. The van der Waals surface area contributed by atoms with Crippen molar-refractivity contribution in [2.24, 2.45) is 5.92 Å². The van der Waals surface area contributed by atoms with Gasteiger partial charge in [-0.2, -0.15) is 0 Å². The van der Waals surface area contributed by atoms with Crippen molar-refractivity contribution in [3.63, 3.8) is 0 Å². The molecule has 4 amide bonds. The predicted molar refractivity (Wildman–Crippen MR) is 148 cm³/mol. The van der Waals surface area contributed by atoms with Crippen LogP contribution in [0.4, 0.5) is 10.5 Å². The van der Waals surface area contributed by atoms with Crippen molar-refractivity contribution in [3.8, 4) is 11.9 Å². The highest BCUT2D eigenvalue weighted by Gasteiger charge is 2.52. The highest BCUT2D eigenvalue weighted by atomic mass is 32.2. The Hall–Kier alpha value is -3.97. The summed E-state index contributed by atoms with van der Waals surface area (Å²) in [6.45, 7) is 6.05. The average molecular weight is 563 g/mol. The summed E-state index contributed by atoms with van der Waals surface area (Å²) in [5.74, 6) is -0.238. The highest BCUT2D eigenvalue weighted by Crippen LogP contribution is 2.48. The molecule has 3 aliphatic heterocycles. The van der Waals surface area contributed by atoms with E-state index in [1.54, 1.807) is 29.4 Å². The van der Waals surface area contributed by atoms with Gasteiger partial charge in [-0.1, -0.05) is 18.3 Å². The minimum atomic E-state index is -0.299. The summed E-state index contributed by atoms with van der Waals surface area (Å²) in [6.07, 6.45) is 7.60. The van der Waals surface area contributed by atoms with Crippen LogP contribution in [0.2, 0.25) is 0 Å². The molecule has 13 heteroatoms. The number of aryl methyl sites for hydroxylation is 1. The summed E-state index contributed by atoms with van der Waals surface area (Å²) in [5.41, 5.74) is 1.96. The number of thioether (sulfide) groups is 1. The lowest BCUT2D eigenvalue weighted by molar-refractivity contribution is -0.119. The molecular formula is C27H30N8O4S. The van der Waals surface area contributed by atoms with Gasteiger partial charge in [-0.3, -0.25) is 14.5 Å². The zero-order valence-electron chi connectivity index (χ0n) is 21.9. The summed E-state index contributed by atoms with van der Waals surface area (Å²) in [4.78, 5) is 53.9. The molecule has 12 nitrogen and oxygen atoms in total. The Morgan fingerprint density at radius 2 is 1.95 bits per heavy atom. The lowest BCUT2D eigenvalue weighted by atomic mass is 9.86. The minimum absolute atomic E-state index is 0.0523. The number of pyridine rings is 1. The van der Waals surface area contributed by atoms with Crippen molar-refractivity contribution in [1.82, 2.24) is 36.2 Å². The van der Waals surface area contributed by atoms with Crippen LogP contribution in [0, 0.1) is 12.8 Å². The van der Waals surface area contributed by atoms with E-state index >= 15 is 0 Å². The van der Waals surface area contributed by atoms with E-state index in [-0.39, 0.29) is 53.3 Å². The molecule has 5 heterocycles. The molecule has 0 bridgehead atoms. The summed E-state index contributed by atoms with van der Waals surface area (Å²) in [6, 6.07) is 4.63. The number of amides is 4. The molecule has 1 aliphatic carbocycles. The topological polar surface area (TPSA) is 150 Å². The summed E-state index contributed by atoms with van der Waals surface area (Å²) in [7, 11) is 0. The monoisotopic (exact) mass is 562 g/mol. The molecule has 0 spiro atoms. The van der Waals surface area contributed by atoms with Crippen LogP contribution in [0.15, 0.2) is 53.8 Å². The Balaban J connectivity index is 1.22. The van der Waals surface area contributed by atoms with Gasteiger partial charge in [-0.05, 0) is 57.4 Å². The second kappa shape index (κ2) is 10.9. The Kier molecular flexibility index (Phi) is 7.15. The molecule has 1 saturated carbocycles. The van der Waals surface area contributed by atoms with Gasteiger partial charge in [-0.15, -0.1) is 0 Å². The molecular weight excluding hydrogens is 532 g/mol. The van der Waals surface area contributed by atoms with Crippen LogP contribution < -0.4 is 30.9 Å². The first-order valence-corrected chi connectivity index (χ1v) is 14.2. The SMILES string of the molecule is C=CC(=O)N[C@H]1CCC[C@H]1NC(=O)C1=C2NC(=O)N(c3ccc(Oc4ncccn4)nc3C)C3CCNC(S1)C23. The molecule has 2 saturated heterocycles.